The summed E-state index contributed by atoms with van der Waals surface area (Å²) >= 11 is 1.26. The lowest BCUT2D eigenvalue weighted by atomic mass is 10.2. The number of rotatable bonds is 6. The van der Waals surface area contributed by atoms with Crippen molar-refractivity contribution in [3.05, 3.63) is 67.3 Å². The first-order valence-electron chi connectivity index (χ1n) is 8.38. The van der Waals surface area contributed by atoms with E-state index in [0.717, 1.165) is 0 Å². The molecule has 1 saturated heterocycles. The van der Waals surface area contributed by atoms with Gasteiger partial charge in [0, 0.05) is 18.7 Å². The van der Waals surface area contributed by atoms with E-state index in [2.05, 4.69) is 16.9 Å². The number of carbonyl (C=O) groups excluding carboxylic acids is 2. The van der Waals surface area contributed by atoms with Gasteiger partial charge < -0.3 is 10.4 Å². The van der Waals surface area contributed by atoms with E-state index in [1.807, 2.05) is 18.2 Å². The molecule has 1 aliphatic heterocycles. The Morgan fingerprint density at radius 2 is 1.93 bits per heavy atom. The van der Waals surface area contributed by atoms with Gasteiger partial charge in [-0.3, -0.25) is 14.5 Å². The maximum absolute atomic E-state index is 12.7. The van der Waals surface area contributed by atoms with E-state index < -0.39 is 5.25 Å². The van der Waals surface area contributed by atoms with Crippen LogP contribution in [0.25, 0.3) is 0 Å². The van der Waals surface area contributed by atoms with E-state index in [4.69, 9.17) is 0 Å². The summed E-state index contributed by atoms with van der Waals surface area (Å²) in [6.07, 6.45) is 1.68. The van der Waals surface area contributed by atoms with Crippen LogP contribution >= 0.6 is 11.8 Å². The second-order valence-electron chi connectivity index (χ2n) is 5.87. The number of carbonyl (C=O) groups is 2. The van der Waals surface area contributed by atoms with Crippen molar-refractivity contribution in [2.45, 2.75) is 11.7 Å². The van der Waals surface area contributed by atoms with Gasteiger partial charge in [0.2, 0.25) is 11.8 Å². The molecule has 138 valence electrons. The van der Waals surface area contributed by atoms with Gasteiger partial charge in [0.25, 0.3) is 0 Å². The standard InChI is InChI=1S/C20H19N3O3S/c1-2-12-23-19(26)17(13-18(25)21-14-6-4-3-5-7-14)27-20(23)22-15-8-10-16(24)11-9-15/h2-11,17,24H,1,12-13H2,(H,21,25)/t17-/m1/s1. The molecule has 2 aromatic rings. The van der Waals surface area contributed by atoms with E-state index in [0.29, 0.717) is 23.1 Å². The number of amidine groups is 1. The maximum atomic E-state index is 12.7. The topological polar surface area (TPSA) is 82.0 Å². The van der Waals surface area contributed by atoms with Gasteiger partial charge in [-0.2, -0.15) is 0 Å². The van der Waals surface area contributed by atoms with Crippen LogP contribution in [-0.4, -0.2) is 38.8 Å². The number of benzene rings is 2. The quantitative estimate of drug-likeness (QED) is 0.750. The van der Waals surface area contributed by atoms with Crippen molar-refractivity contribution in [2.75, 3.05) is 11.9 Å². The van der Waals surface area contributed by atoms with Crippen molar-refractivity contribution in [3.8, 4) is 5.75 Å². The molecule has 1 fully saturated rings. The number of anilines is 1. The summed E-state index contributed by atoms with van der Waals surface area (Å²) in [6.45, 7) is 4.00. The number of hydrogen-bond donors (Lipinski definition) is 2. The molecule has 0 aliphatic carbocycles. The zero-order valence-electron chi connectivity index (χ0n) is 14.5. The minimum Gasteiger partial charge on any atom is -0.508 e. The first kappa shape index (κ1) is 18.7. The average Bonchev–Trinajstić information content (AvgIpc) is 2.93. The number of phenols is 1. The highest BCUT2D eigenvalue weighted by Crippen LogP contribution is 2.32. The van der Waals surface area contributed by atoms with E-state index in [9.17, 15) is 14.7 Å². The summed E-state index contributed by atoms with van der Waals surface area (Å²) in [5.41, 5.74) is 1.31. The molecule has 0 bridgehead atoms. The lowest BCUT2D eigenvalue weighted by Crippen LogP contribution is -2.33. The molecule has 2 amide bonds. The normalized spacial score (nSPS) is 17.9. The first-order valence-corrected chi connectivity index (χ1v) is 9.26. The third-order valence-electron chi connectivity index (χ3n) is 3.83. The number of phenolic OH excluding ortho intramolecular Hbond substituents is 1. The van der Waals surface area contributed by atoms with Crippen LogP contribution < -0.4 is 5.32 Å². The van der Waals surface area contributed by atoms with Gasteiger partial charge in [0.1, 0.15) is 11.0 Å². The lowest BCUT2D eigenvalue weighted by Gasteiger charge is -2.13. The van der Waals surface area contributed by atoms with Gasteiger partial charge in [-0.1, -0.05) is 36.0 Å². The number of aromatic hydroxyl groups is 1. The highest BCUT2D eigenvalue weighted by Gasteiger charge is 2.38. The zero-order chi connectivity index (χ0) is 19.2. The maximum Gasteiger partial charge on any atom is 0.242 e. The number of aliphatic imine (C=N–C) groups is 1. The monoisotopic (exact) mass is 381 g/mol. The van der Waals surface area contributed by atoms with Gasteiger partial charge in [-0.25, -0.2) is 4.99 Å². The van der Waals surface area contributed by atoms with E-state index in [1.54, 1.807) is 30.3 Å². The van der Waals surface area contributed by atoms with Gasteiger partial charge in [0.05, 0.1) is 5.69 Å². The van der Waals surface area contributed by atoms with Crippen molar-refractivity contribution >= 4 is 40.1 Å². The van der Waals surface area contributed by atoms with Crippen LogP contribution in [-0.2, 0) is 9.59 Å². The van der Waals surface area contributed by atoms with Crippen LogP contribution in [0.15, 0.2) is 72.2 Å². The molecular formula is C20H19N3O3S. The molecule has 7 heteroatoms. The van der Waals surface area contributed by atoms with Crippen LogP contribution in [0.3, 0.4) is 0 Å². The molecular weight excluding hydrogens is 362 g/mol. The van der Waals surface area contributed by atoms with Gasteiger partial charge in [0.15, 0.2) is 5.17 Å². The number of hydrogen-bond acceptors (Lipinski definition) is 5. The third-order valence-corrected chi connectivity index (χ3v) is 5.01. The SMILES string of the molecule is C=CCN1C(=O)[C@@H](CC(=O)Nc2ccccc2)SC1=Nc1ccc(O)cc1. The Morgan fingerprint density at radius 1 is 1.22 bits per heavy atom. The number of thioether (sulfide) groups is 1. The van der Waals surface area contributed by atoms with Crippen LogP contribution in [0.5, 0.6) is 5.75 Å². The Bertz CT molecular complexity index is 866. The van der Waals surface area contributed by atoms with Crippen molar-refractivity contribution in [1.82, 2.24) is 4.90 Å². The molecule has 0 radical (unpaired) electrons. The fourth-order valence-electron chi connectivity index (χ4n) is 2.56. The zero-order valence-corrected chi connectivity index (χ0v) is 15.4. The van der Waals surface area contributed by atoms with Crippen molar-refractivity contribution in [3.63, 3.8) is 0 Å². The Hall–Kier alpha value is -3.06. The summed E-state index contributed by atoms with van der Waals surface area (Å²) < 4.78 is 0. The van der Waals surface area contributed by atoms with E-state index >= 15 is 0 Å². The molecule has 2 aromatic carbocycles. The van der Waals surface area contributed by atoms with Gasteiger partial charge in [-0.05, 0) is 36.4 Å². The molecule has 27 heavy (non-hydrogen) atoms. The molecule has 1 aliphatic rings. The van der Waals surface area contributed by atoms with Gasteiger partial charge in [-0.15, -0.1) is 6.58 Å². The Kier molecular flexibility index (Phi) is 5.93. The second kappa shape index (κ2) is 8.55. The van der Waals surface area contributed by atoms with Crippen LogP contribution in [0.2, 0.25) is 0 Å². The highest BCUT2D eigenvalue weighted by atomic mass is 32.2. The molecule has 0 aromatic heterocycles. The molecule has 0 spiro atoms. The summed E-state index contributed by atoms with van der Waals surface area (Å²) in [7, 11) is 0. The fraction of sp³-hybridized carbons (Fsp3) is 0.150. The van der Waals surface area contributed by atoms with Crippen molar-refractivity contribution in [1.29, 1.82) is 0 Å². The smallest absolute Gasteiger partial charge is 0.242 e. The molecule has 6 nitrogen and oxygen atoms in total. The number of nitrogens with one attached hydrogen (secondary N) is 1. The summed E-state index contributed by atoms with van der Waals surface area (Å²) in [5, 5.41) is 12.2. The molecule has 1 atom stereocenters. The van der Waals surface area contributed by atoms with Crippen molar-refractivity contribution in [2.24, 2.45) is 4.99 Å². The predicted octanol–water partition coefficient (Wildman–Crippen LogP) is 3.54. The average molecular weight is 381 g/mol. The van der Waals surface area contributed by atoms with E-state index in [1.165, 1.54) is 28.8 Å². The highest BCUT2D eigenvalue weighted by molar-refractivity contribution is 8.15. The summed E-state index contributed by atoms with van der Waals surface area (Å²) in [5.74, 6) is -0.246. The van der Waals surface area contributed by atoms with Crippen LogP contribution in [0.1, 0.15) is 6.42 Å². The largest absolute Gasteiger partial charge is 0.508 e. The fourth-order valence-corrected chi connectivity index (χ4v) is 3.73. The number of nitrogens with zero attached hydrogens (tertiary/aromatic N) is 2. The second-order valence-corrected chi connectivity index (χ2v) is 7.04. The summed E-state index contributed by atoms with van der Waals surface area (Å²) in [6, 6.07) is 15.5. The van der Waals surface area contributed by atoms with Crippen LogP contribution in [0.4, 0.5) is 11.4 Å². The minimum atomic E-state index is -0.537. The first-order chi connectivity index (χ1) is 13.1. The summed E-state index contributed by atoms with van der Waals surface area (Å²) in [4.78, 5) is 31.0. The molecule has 1 heterocycles. The molecule has 3 rings (SSSR count). The number of para-hydroxylation sites is 1. The Balaban J connectivity index is 1.73. The third kappa shape index (κ3) is 4.77. The Labute approximate surface area is 161 Å². The molecule has 2 N–H and O–H groups in total. The van der Waals surface area contributed by atoms with Gasteiger partial charge >= 0.3 is 0 Å². The lowest BCUT2D eigenvalue weighted by molar-refractivity contribution is -0.127. The molecule has 0 unspecified atom stereocenters. The predicted molar refractivity (Wildman–Crippen MR) is 108 cm³/mol. The van der Waals surface area contributed by atoms with Crippen molar-refractivity contribution < 1.29 is 14.7 Å². The number of amides is 2. The molecule has 0 saturated carbocycles. The van der Waals surface area contributed by atoms with E-state index in [-0.39, 0.29) is 24.0 Å². The minimum absolute atomic E-state index is 0.0562. The Morgan fingerprint density at radius 3 is 2.59 bits per heavy atom. The van der Waals surface area contributed by atoms with Crippen LogP contribution in [0, 0.1) is 0 Å².